The van der Waals surface area contributed by atoms with Crippen LogP contribution in [0.3, 0.4) is 0 Å². The molecule has 11 heteroatoms. The first-order chi connectivity index (χ1) is 25.2. The molecule has 302 valence electrons. The van der Waals surface area contributed by atoms with Gasteiger partial charge in [0.1, 0.15) is 12.1 Å². The first-order valence-electron chi connectivity index (χ1n) is 20.2. The smallest absolute Gasteiger partial charge is 0.472 e. The highest BCUT2D eigenvalue weighted by Gasteiger charge is 2.27. The Morgan fingerprint density at radius 1 is 0.635 bits per heavy atom. The van der Waals surface area contributed by atoms with Crippen molar-refractivity contribution in [3.63, 3.8) is 0 Å². The van der Waals surface area contributed by atoms with Gasteiger partial charge in [-0.2, -0.15) is 0 Å². The highest BCUT2D eigenvalue weighted by Crippen LogP contribution is 2.43. The lowest BCUT2D eigenvalue weighted by atomic mass is 10.0. The van der Waals surface area contributed by atoms with E-state index < -0.39 is 45.1 Å². The molecule has 0 saturated carbocycles. The van der Waals surface area contributed by atoms with Crippen molar-refractivity contribution in [1.82, 2.24) is 0 Å². The number of carboxylic acid groups (broad SMARTS) is 1. The zero-order valence-electron chi connectivity index (χ0n) is 32.6. The summed E-state index contributed by atoms with van der Waals surface area (Å²) in [6.45, 7) is 3.73. The van der Waals surface area contributed by atoms with Crippen molar-refractivity contribution in [2.45, 2.75) is 174 Å². The first kappa shape index (κ1) is 49.9. The summed E-state index contributed by atoms with van der Waals surface area (Å²) in [7, 11) is -4.62. The molecule has 0 heterocycles. The number of nitrogens with two attached hydrogens (primary N) is 1. The zero-order valence-corrected chi connectivity index (χ0v) is 33.5. The van der Waals surface area contributed by atoms with Gasteiger partial charge in [0.25, 0.3) is 0 Å². The number of hydrogen-bond donors (Lipinski definition) is 3. The van der Waals surface area contributed by atoms with E-state index >= 15 is 0 Å². The Labute approximate surface area is 316 Å². The van der Waals surface area contributed by atoms with Gasteiger partial charge >= 0.3 is 19.8 Å². The third-order valence-electron chi connectivity index (χ3n) is 8.37. The molecule has 3 unspecified atom stereocenters. The lowest BCUT2D eigenvalue weighted by Gasteiger charge is -2.20. The Morgan fingerprint density at radius 3 is 1.67 bits per heavy atom. The van der Waals surface area contributed by atoms with Crippen LogP contribution in [0.1, 0.15) is 162 Å². The van der Waals surface area contributed by atoms with Crippen LogP contribution < -0.4 is 5.73 Å². The minimum absolute atomic E-state index is 0.00744. The number of carboxylic acids is 1. The number of unbranched alkanes of at least 4 members (excludes halogenated alkanes) is 16. The van der Waals surface area contributed by atoms with Crippen LogP contribution in [0.5, 0.6) is 0 Å². The quantitative estimate of drug-likeness (QED) is 0.0240. The second-order valence-electron chi connectivity index (χ2n) is 13.4. The van der Waals surface area contributed by atoms with Gasteiger partial charge in [-0.25, -0.2) is 4.57 Å². The minimum Gasteiger partial charge on any atom is -0.480 e. The number of esters is 1. The van der Waals surface area contributed by atoms with Crippen molar-refractivity contribution in [1.29, 1.82) is 0 Å². The van der Waals surface area contributed by atoms with Crippen LogP contribution in [0.25, 0.3) is 0 Å². The van der Waals surface area contributed by atoms with Gasteiger partial charge in [-0.05, 0) is 51.4 Å². The molecule has 0 aliphatic rings. The maximum atomic E-state index is 12.6. The number of aliphatic carboxylic acids is 1. The van der Waals surface area contributed by atoms with Gasteiger partial charge in [-0.3, -0.25) is 18.6 Å². The Kier molecular flexibility index (Phi) is 35.8. The molecule has 10 nitrogen and oxygen atoms in total. The molecule has 0 aromatic rings. The number of ether oxygens (including phenoxy) is 2. The zero-order chi connectivity index (χ0) is 38.4. The Balaban J connectivity index is 4.33. The molecule has 0 saturated heterocycles. The SMILES string of the molecule is CC/C=C\C/C=C\C/C=C\C/C=C\CCCCCCC(=O)OC(COCCCCCCCCCCCCCCC)COP(=O)(O)OCC(N)C(=O)O. The van der Waals surface area contributed by atoms with Crippen LogP contribution in [0, 0.1) is 0 Å². The van der Waals surface area contributed by atoms with Gasteiger partial charge in [-0.1, -0.05) is 152 Å². The monoisotopic (exact) mass is 756 g/mol. The molecule has 0 rings (SSSR count). The number of phosphoric ester groups is 1. The van der Waals surface area contributed by atoms with Gasteiger partial charge in [0.15, 0.2) is 0 Å². The van der Waals surface area contributed by atoms with E-state index in [1.165, 1.54) is 64.2 Å². The molecule has 0 fully saturated rings. The Morgan fingerprint density at radius 2 is 1.12 bits per heavy atom. The highest BCUT2D eigenvalue weighted by atomic mass is 31.2. The van der Waals surface area contributed by atoms with E-state index in [1.807, 2.05) is 0 Å². The minimum atomic E-state index is -4.62. The van der Waals surface area contributed by atoms with E-state index in [9.17, 15) is 19.0 Å². The fraction of sp³-hybridized carbons (Fsp3) is 0.756. The molecule has 0 amide bonds. The Bertz CT molecular complexity index is 1010. The number of carbonyl (C=O) groups is 2. The maximum absolute atomic E-state index is 12.6. The van der Waals surface area contributed by atoms with E-state index in [1.54, 1.807) is 0 Å². The summed E-state index contributed by atoms with van der Waals surface area (Å²) in [4.78, 5) is 33.4. The van der Waals surface area contributed by atoms with E-state index in [2.05, 4.69) is 62.5 Å². The molecular formula is C41H74NO9P. The predicted octanol–water partition coefficient (Wildman–Crippen LogP) is 10.7. The maximum Gasteiger partial charge on any atom is 0.472 e. The van der Waals surface area contributed by atoms with Crippen LogP contribution >= 0.6 is 7.82 Å². The fourth-order valence-electron chi connectivity index (χ4n) is 5.24. The summed E-state index contributed by atoms with van der Waals surface area (Å²) in [6.07, 6.45) is 41.6. The van der Waals surface area contributed by atoms with Crippen molar-refractivity contribution in [3.05, 3.63) is 48.6 Å². The number of hydrogen-bond acceptors (Lipinski definition) is 8. The van der Waals surface area contributed by atoms with E-state index in [0.717, 1.165) is 70.6 Å². The van der Waals surface area contributed by atoms with Gasteiger partial charge in [0.2, 0.25) is 0 Å². The first-order valence-corrected chi connectivity index (χ1v) is 21.7. The lowest BCUT2D eigenvalue weighted by molar-refractivity contribution is -0.154. The molecule has 0 bridgehead atoms. The van der Waals surface area contributed by atoms with E-state index in [4.69, 9.17) is 29.4 Å². The summed E-state index contributed by atoms with van der Waals surface area (Å²) in [5.41, 5.74) is 5.34. The fourth-order valence-corrected chi connectivity index (χ4v) is 6.02. The molecule has 0 aromatic carbocycles. The topological polar surface area (TPSA) is 155 Å². The molecule has 4 N–H and O–H groups in total. The van der Waals surface area contributed by atoms with Crippen LogP contribution in [0.15, 0.2) is 48.6 Å². The third kappa shape index (κ3) is 36.3. The third-order valence-corrected chi connectivity index (χ3v) is 9.32. The van der Waals surface area contributed by atoms with Gasteiger partial charge in [0.05, 0.1) is 19.8 Å². The van der Waals surface area contributed by atoms with Crippen molar-refractivity contribution >= 4 is 19.8 Å². The van der Waals surface area contributed by atoms with Crippen molar-refractivity contribution in [2.24, 2.45) is 5.73 Å². The number of allylic oxidation sites excluding steroid dienone is 8. The van der Waals surface area contributed by atoms with Crippen LogP contribution in [0.2, 0.25) is 0 Å². The van der Waals surface area contributed by atoms with Crippen molar-refractivity contribution in [2.75, 3.05) is 26.4 Å². The summed E-state index contributed by atoms with van der Waals surface area (Å²) in [6, 6.07) is -1.48. The molecule has 0 spiro atoms. The molecule has 0 aromatic heterocycles. The number of phosphoric acid groups is 1. The van der Waals surface area contributed by atoms with Crippen LogP contribution in [-0.4, -0.2) is 60.5 Å². The average molecular weight is 756 g/mol. The molecular weight excluding hydrogens is 681 g/mol. The van der Waals surface area contributed by atoms with E-state index in [0.29, 0.717) is 13.0 Å². The molecule has 0 aliphatic carbocycles. The van der Waals surface area contributed by atoms with Crippen molar-refractivity contribution in [3.8, 4) is 0 Å². The number of carbonyl (C=O) groups excluding carboxylic acids is 1. The molecule has 0 radical (unpaired) electrons. The second-order valence-corrected chi connectivity index (χ2v) is 14.8. The normalized spacial score (nSPS) is 14.5. The Hall–Kier alpha value is -2.07. The van der Waals surface area contributed by atoms with Gasteiger partial charge < -0.3 is 25.2 Å². The summed E-state index contributed by atoms with van der Waals surface area (Å²) >= 11 is 0. The van der Waals surface area contributed by atoms with Gasteiger partial charge in [0, 0.05) is 13.0 Å². The molecule has 0 aliphatic heterocycles. The summed E-state index contributed by atoms with van der Waals surface area (Å²) in [5.74, 6) is -1.80. The van der Waals surface area contributed by atoms with Crippen molar-refractivity contribution < 1.29 is 42.7 Å². The standard InChI is InChI=1S/C41H74NO9P/c1-3-5-7-9-11-13-15-17-18-19-20-21-23-25-27-29-31-33-40(43)51-38(36-49-52(46,47)50-37-39(42)41(44)45)35-48-34-32-30-28-26-24-22-16-14-12-10-8-6-4-2/h5,7,11,13,17-18,20-21,38-39H,3-4,6,8-10,12,14-16,19,22-37,42H2,1-2H3,(H,44,45)(H,46,47)/b7-5-,13-11-,18-17-,21-20-. The lowest BCUT2D eigenvalue weighted by Crippen LogP contribution is -2.34. The van der Waals surface area contributed by atoms with Crippen LogP contribution in [0.4, 0.5) is 0 Å². The number of rotatable bonds is 38. The predicted molar refractivity (Wildman–Crippen MR) is 212 cm³/mol. The largest absolute Gasteiger partial charge is 0.480 e. The summed E-state index contributed by atoms with van der Waals surface area (Å²) in [5, 5.41) is 8.87. The van der Waals surface area contributed by atoms with Crippen LogP contribution in [-0.2, 0) is 32.7 Å². The highest BCUT2D eigenvalue weighted by molar-refractivity contribution is 7.47. The van der Waals surface area contributed by atoms with Gasteiger partial charge in [-0.15, -0.1) is 0 Å². The summed E-state index contributed by atoms with van der Waals surface area (Å²) < 4.78 is 33.2. The second kappa shape index (κ2) is 37.3. The molecule has 52 heavy (non-hydrogen) atoms. The molecule has 3 atom stereocenters. The average Bonchev–Trinajstić information content (AvgIpc) is 3.12. The van der Waals surface area contributed by atoms with E-state index in [-0.39, 0.29) is 13.0 Å².